The molecule has 0 rings (SSSR count). The van der Waals surface area contributed by atoms with E-state index in [9.17, 15) is 0 Å². The Balaban J connectivity index is 3.03. The number of unbranched alkanes of at least 4 members (excludes halogenated alkanes) is 9. The first-order valence-corrected chi connectivity index (χ1v) is 7.56. The third kappa shape index (κ3) is 12.2. The van der Waals surface area contributed by atoms with Gasteiger partial charge in [0.05, 0.1) is 0 Å². The van der Waals surface area contributed by atoms with Crippen LogP contribution in [0.2, 0.25) is 0 Å². The van der Waals surface area contributed by atoms with Crippen molar-refractivity contribution < 1.29 is 10.2 Å². The second kappa shape index (κ2) is 14.0. The number of aliphatic hydroxyl groups is 2. The van der Waals surface area contributed by atoms with Crippen molar-refractivity contribution in [2.24, 2.45) is 5.92 Å². The monoisotopic (exact) mass is 244 g/mol. The predicted octanol–water partition coefficient (Wildman–Crippen LogP) is 3.90. The van der Waals surface area contributed by atoms with Crippen molar-refractivity contribution in [3.05, 3.63) is 0 Å². The van der Waals surface area contributed by atoms with Crippen molar-refractivity contribution in [2.75, 3.05) is 13.2 Å². The fraction of sp³-hybridized carbons (Fsp3) is 1.00. The Morgan fingerprint density at radius 2 is 1.06 bits per heavy atom. The van der Waals surface area contributed by atoms with Crippen LogP contribution < -0.4 is 0 Å². The van der Waals surface area contributed by atoms with Crippen LogP contribution in [0.3, 0.4) is 0 Å². The molecule has 0 heterocycles. The van der Waals surface area contributed by atoms with Crippen molar-refractivity contribution in [2.45, 2.75) is 77.6 Å². The Hall–Kier alpha value is -0.0800. The summed E-state index contributed by atoms with van der Waals surface area (Å²) in [7, 11) is 0. The lowest BCUT2D eigenvalue weighted by Crippen LogP contribution is -2.10. The van der Waals surface area contributed by atoms with Gasteiger partial charge in [0.15, 0.2) is 0 Å². The molecule has 0 aromatic heterocycles. The molecule has 0 fully saturated rings. The first-order valence-electron chi connectivity index (χ1n) is 7.56. The van der Waals surface area contributed by atoms with Gasteiger partial charge in [-0.3, -0.25) is 0 Å². The highest BCUT2D eigenvalue weighted by molar-refractivity contribution is 4.56. The van der Waals surface area contributed by atoms with E-state index in [0.717, 1.165) is 12.8 Å². The highest BCUT2D eigenvalue weighted by atomic mass is 16.3. The molecule has 0 saturated carbocycles. The molecule has 0 saturated heterocycles. The van der Waals surface area contributed by atoms with Crippen LogP contribution in [0.4, 0.5) is 0 Å². The molecule has 0 aromatic rings. The van der Waals surface area contributed by atoms with Gasteiger partial charge in [-0.1, -0.05) is 71.1 Å². The molecule has 2 nitrogen and oxygen atoms in total. The van der Waals surface area contributed by atoms with E-state index in [1.54, 1.807) is 0 Å². The molecule has 2 N–H and O–H groups in total. The summed E-state index contributed by atoms with van der Waals surface area (Å²) in [6.45, 7) is 2.52. The standard InChI is InChI=1S/C15H32O2/c1-2-3-4-5-6-7-8-9-10-11-12-15(13-16)14-17/h15-17H,2-14H2,1H3. The normalized spacial score (nSPS) is 11.3. The smallest absolute Gasteiger partial charge is 0.0481 e. The van der Waals surface area contributed by atoms with Gasteiger partial charge >= 0.3 is 0 Å². The maximum atomic E-state index is 8.91. The third-order valence-corrected chi connectivity index (χ3v) is 3.48. The zero-order chi connectivity index (χ0) is 12.8. The number of rotatable bonds is 13. The molecular formula is C15H32O2. The SMILES string of the molecule is CCCCCCCCCCCCC(CO)CO. The van der Waals surface area contributed by atoms with Crippen LogP contribution in [0.15, 0.2) is 0 Å². The van der Waals surface area contributed by atoms with E-state index in [1.807, 2.05) is 0 Å². The summed E-state index contributed by atoms with van der Waals surface area (Å²) in [4.78, 5) is 0. The van der Waals surface area contributed by atoms with Crippen molar-refractivity contribution in [1.29, 1.82) is 0 Å². The zero-order valence-electron chi connectivity index (χ0n) is 11.7. The van der Waals surface area contributed by atoms with E-state index in [4.69, 9.17) is 10.2 Å². The maximum absolute atomic E-state index is 8.91. The fourth-order valence-corrected chi connectivity index (χ4v) is 2.16. The lowest BCUT2D eigenvalue weighted by Gasteiger charge is -2.09. The molecule has 0 aromatic carbocycles. The predicted molar refractivity (Wildman–Crippen MR) is 74.1 cm³/mol. The summed E-state index contributed by atoms with van der Waals surface area (Å²) in [5.74, 6) is 0.115. The Morgan fingerprint density at radius 1 is 0.647 bits per heavy atom. The Labute approximate surface area is 107 Å². The Morgan fingerprint density at radius 3 is 1.47 bits per heavy atom. The molecule has 0 spiro atoms. The van der Waals surface area contributed by atoms with Gasteiger partial charge in [-0.2, -0.15) is 0 Å². The quantitative estimate of drug-likeness (QED) is 0.482. The highest BCUT2D eigenvalue weighted by Crippen LogP contribution is 2.13. The molecule has 0 bridgehead atoms. The summed E-state index contributed by atoms with van der Waals surface area (Å²) in [6.07, 6.45) is 14.4. The van der Waals surface area contributed by atoms with Crippen molar-refractivity contribution in [3.63, 3.8) is 0 Å². The second-order valence-electron chi connectivity index (χ2n) is 5.20. The minimum absolute atomic E-state index is 0.115. The van der Waals surface area contributed by atoms with Gasteiger partial charge in [0.1, 0.15) is 0 Å². The summed E-state index contributed by atoms with van der Waals surface area (Å²) < 4.78 is 0. The molecule has 17 heavy (non-hydrogen) atoms. The molecule has 0 radical (unpaired) electrons. The summed E-state index contributed by atoms with van der Waals surface area (Å²) in [5, 5.41) is 17.8. The van der Waals surface area contributed by atoms with Gasteiger partial charge in [0.2, 0.25) is 0 Å². The van der Waals surface area contributed by atoms with E-state index in [0.29, 0.717) is 0 Å². The molecular weight excluding hydrogens is 212 g/mol. The average Bonchev–Trinajstić information content (AvgIpc) is 2.36. The second-order valence-corrected chi connectivity index (χ2v) is 5.20. The van der Waals surface area contributed by atoms with E-state index in [2.05, 4.69) is 6.92 Å². The van der Waals surface area contributed by atoms with Gasteiger partial charge in [-0.15, -0.1) is 0 Å². The van der Waals surface area contributed by atoms with Crippen LogP contribution in [-0.2, 0) is 0 Å². The Kier molecular flexibility index (Phi) is 13.9. The van der Waals surface area contributed by atoms with Crippen molar-refractivity contribution in [3.8, 4) is 0 Å². The molecule has 0 amide bonds. The molecule has 0 atom stereocenters. The largest absolute Gasteiger partial charge is 0.396 e. The van der Waals surface area contributed by atoms with Crippen LogP contribution in [-0.4, -0.2) is 23.4 Å². The molecule has 0 aliphatic heterocycles. The van der Waals surface area contributed by atoms with E-state index in [-0.39, 0.29) is 19.1 Å². The molecule has 0 unspecified atom stereocenters. The van der Waals surface area contributed by atoms with Crippen LogP contribution in [0, 0.1) is 5.92 Å². The molecule has 0 aliphatic rings. The van der Waals surface area contributed by atoms with Gasteiger partial charge in [-0.05, 0) is 6.42 Å². The average molecular weight is 244 g/mol. The zero-order valence-corrected chi connectivity index (χ0v) is 11.7. The Bertz CT molecular complexity index is 133. The summed E-state index contributed by atoms with van der Waals surface area (Å²) >= 11 is 0. The first kappa shape index (κ1) is 16.9. The topological polar surface area (TPSA) is 40.5 Å². The van der Waals surface area contributed by atoms with Gasteiger partial charge in [0.25, 0.3) is 0 Å². The molecule has 104 valence electrons. The van der Waals surface area contributed by atoms with Gasteiger partial charge in [0, 0.05) is 19.1 Å². The highest BCUT2D eigenvalue weighted by Gasteiger charge is 2.04. The molecule has 2 heteroatoms. The lowest BCUT2D eigenvalue weighted by molar-refractivity contribution is 0.141. The first-order chi connectivity index (χ1) is 8.35. The van der Waals surface area contributed by atoms with Crippen LogP contribution in [0.1, 0.15) is 77.6 Å². The lowest BCUT2D eigenvalue weighted by atomic mass is 10.0. The van der Waals surface area contributed by atoms with Gasteiger partial charge in [-0.25, -0.2) is 0 Å². The number of aliphatic hydroxyl groups excluding tert-OH is 2. The minimum atomic E-state index is 0.115. The molecule has 0 aliphatic carbocycles. The maximum Gasteiger partial charge on any atom is 0.0481 e. The van der Waals surface area contributed by atoms with Crippen molar-refractivity contribution in [1.82, 2.24) is 0 Å². The van der Waals surface area contributed by atoms with Crippen molar-refractivity contribution >= 4 is 0 Å². The van der Waals surface area contributed by atoms with E-state index >= 15 is 0 Å². The minimum Gasteiger partial charge on any atom is -0.396 e. The fourth-order valence-electron chi connectivity index (χ4n) is 2.16. The third-order valence-electron chi connectivity index (χ3n) is 3.48. The van der Waals surface area contributed by atoms with Crippen LogP contribution in [0.25, 0.3) is 0 Å². The number of hydrogen-bond donors (Lipinski definition) is 2. The number of hydrogen-bond acceptors (Lipinski definition) is 2. The van der Waals surface area contributed by atoms with E-state index in [1.165, 1.54) is 57.8 Å². The van der Waals surface area contributed by atoms with Gasteiger partial charge < -0.3 is 10.2 Å². The van der Waals surface area contributed by atoms with E-state index < -0.39 is 0 Å². The van der Waals surface area contributed by atoms with Crippen LogP contribution >= 0.6 is 0 Å². The summed E-state index contributed by atoms with van der Waals surface area (Å²) in [5.41, 5.74) is 0. The summed E-state index contributed by atoms with van der Waals surface area (Å²) in [6, 6.07) is 0. The van der Waals surface area contributed by atoms with Crippen LogP contribution in [0.5, 0.6) is 0 Å².